The highest BCUT2D eigenvalue weighted by Gasteiger charge is 2.42. The predicted molar refractivity (Wildman–Crippen MR) is 101 cm³/mol. The Kier molecular flexibility index (Phi) is 6.79. The highest BCUT2D eigenvalue weighted by molar-refractivity contribution is 9.10. The van der Waals surface area contributed by atoms with Crippen molar-refractivity contribution in [1.82, 2.24) is 20.8 Å². The highest BCUT2D eigenvalue weighted by Crippen LogP contribution is 2.24. The first-order chi connectivity index (χ1) is 14.7. The van der Waals surface area contributed by atoms with Gasteiger partial charge in [0.05, 0.1) is 10.2 Å². The standard InChI is InChI=1S/C17H11BrF4N6O3/c18-11-7-10(1-2-12(11)19)25-15(27-30-16(29)17(20,21)22)13-14(28-31-26-13)24-8-9-3-5-23-6-4-9/h1-7H,8H2,(H,24,28)(H,25,27). The van der Waals surface area contributed by atoms with Gasteiger partial charge < -0.3 is 10.2 Å². The van der Waals surface area contributed by atoms with Gasteiger partial charge >= 0.3 is 12.1 Å². The van der Waals surface area contributed by atoms with Crippen LogP contribution in [0.25, 0.3) is 0 Å². The van der Waals surface area contributed by atoms with Crippen LogP contribution in [0.1, 0.15) is 11.3 Å². The van der Waals surface area contributed by atoms with Gasteiger partial charge in [-0.15, -0.1) is 0 Å². The van der Waals surface area contributed by atoms with Crippen LogP contribution < -0.4 is 10.8 Å². The molecule has 0 aliphatic rings. The Labute approximate surface area is 179 Å². The molecule has 2 heterocycles. The van der Waals surface area contributed by atoms with Crippen LogP contribution in [0.2, 0.25) is 0 Å². The van der Waals surface area contributed by atoms with E-state index in [1.54, 1.807) is 24.5 Å². The summed E-state index contributed by atoms with van der Waals surface area (Å²) in [6.07, 6.45) is -2.12. The van der Waals surface area contributed by atoms with Gasteiger partial charge in [-0.3, -0.25) is 4.98 Å². The van der Waals surface area contributed by atoms with Crippen LogP contribution in [0.4, 0.5) is 29.1 Å². The van der Waals surface area contributed by atoms with Crippen molar-refractivity contribution in [3.8, 4) is 0 Å². The Bertz CT molecular complexity index is 1090. The number of alkyl halides is 3. The number of aromatic nitrogens is 3. The maximum atomic E-state index is 13.5. The molecule has 0 saturated heterocycles. The van der Waals surface area contributed by atoms with Crippen LogP contribution >= 0.6 is 15.9 Å². The summed E-state index contributed by atoms with van der Waals surface area (Å²) in [6.45, 7) is 0.238. The van der Waals surface area contributed by atoms with E-state index in [2.05, 4.69) is 51.0 Å². The second-order valence-corrected chi connectivity index (χ2v) is 6.57. The van der Waals surface area contributed by atoms with Gasteiger partial charge in [-0.2, -0.15) is 18.7 Å². The third-order valence-corrected chi connectivity index (χ3v) is 4.15. The zero-order valence-corrected chi connectivity index (χ0v) is 16.7. The lowest BCUT2D eigenvalue weighted by Gasteiger charge is -2.11. The van der Waals surface area contributed by atoms with Gasteiger partial charge in [0.2, 0.25) is 5.82 Å². The average Bonchev–Trinajstić information content (AvgIpc) is 3.20. The highest BCUT2D eigenvalue weighted by atomic mass is 79.9. The molecule has 3 aromatic rings. The third-order valence-electron chi connectivity index (χ3n) is 3.54. The summed E-state index contributed by atoms with van der Waals surface area (Å²) in [4.78, 5) is 23.1. The van der Waals surface area contributed by atoms with Gasteiger partial charge in [0.15, 0.2) is 11.5 Å². The largest absolute Gasteiger partial charge is 0.493 e. The quantitative estimate of drug-likeness (QED) is 0.235. The number of benzene rings is 1. The number of hydrogen-bond acceptors (Lipinski definition) is 8. The fourth-order valence-corrected chi connectivity index (χ4v) is 2.47. The van der Waals surface area contributed by atoms with Crippen LogP contribution in [-0.4, -0.2) is 33.3 Å². The van der Waals surface area contributed by atoms with E-state index in [0.29, 0.717) is 0 Å². The van der Waals surface area contributed by atoms with Gasteiger partial charge in [0.1, 0.15) is 5.82 Å². The van der Waals surface area contributed by atoms with Crippen molar-refractivity contribution in [2.75, 3.05) is 5.32 Å². The second kappa shape index (κ2) is 9.51. The fraction of sp³-hybridized carbons (Fsp3) is 0.118. The molecule has 0 unspecified atom stereocenters. The normalized spacial score (nSPS) is 11.8. The number of rotatable bonds is 5. The number of nitrogens with one attached hydrogen (secondary N) is 2. The van der Waals surface area contributed by atoms with E-state index in [1.165, 1.54) is 12.1 Å². The molecule has 0 aliphatic carbocycles. The van der Waals surface area contributed by atoms with E-state index in [-0.39, 0.29) is 28.2 Å². The molecule has 0 bridgehead atoms. The van der Waals surface area contributed by atoms with Crippen molar-refractivity contribution < 1.29 is 31.8 Å². The number of aliphatic imine (C=N–C) groups is 1. The molecular weight excluding hydrogens is 492 g/mol. The lowest BCUT2D eigenvalue weighted by molar-refractivity contribution is -0.203. The number of nitrogens with zero attached hydrogens (tertiary/aromatic N) is 4. The molecule has 1 aromatic carbocycles. The minimum Gasteiger partial charge on any atom is -0.361 e. The summed E-state index contributed by atoms with van der Waals surface area (Å²) in [5, 5.41) is 10.1. The van der Waals surface area contributed by atoms with Gasteiger partial charge in [-0.25, -0.2) is 18.8 Å². The first-order valence-electron chi connectivity index (χ1n) is 8.27. The zero-order valence-electron chi connectivity index (χ0n) is 15.2. The molecule has 0 amide bonds. The Morgan fingerprint density at radius 2 is 1.94 bits per heavy atom. The number of hydroxylamine groups is 1. The van der Waals surface area contributed by atoms with Crippen molar-refractivity contribution >= 4 is 39.2 Å². The number of carbonyl (C=O) groups is 1. The topological polar surface area (TPSA) is 115 Å². The number of halogens is 5. The molecular formula is C17H11BrF4N6O3. The molecule has 3 rings (SSSR count). The number of carbonyl (C=O) groups excluding carboxylic acids is 1. The Balaban J connectivity index is 1.89. The van der Waals surface area contributed by atoms with E-state index in [4.69, 9.17) is 0 Å². The zero-order chi connectivity index (χ0) is 22.4. The average molecular weight is 503 g/mol. The summed E-state index contributed by atoms with van der Waals surface area (Å²) in [6, 6.07) is 7.00. The number of amidine groups is 1. The first kappa shape index (κ1) is 22.1. The number of hydrogen-bond donors (Lipinski definition) is 2. The summed E-state index contributed by atoms with van der Waals surface area (Å²) < 4.78 is 55.6. The van der Waals surface area contributed by atoms with Crippen molar-refractivity contribution in [1.29, 1.82) is 0 Å². The second-order valence-electron chi connectivity index (χ2n) is 5.72. The fourth-order valence-electron chi connectivity index (χ4n) is 2.11. The lowest BCUT2D eigenvalue weighted by Crippen LogP contribution is -2.35. The Hall–Kier alpha value is -3.55. The third kappa shape index (κ3) is 5.97. The van der Waals surface area contributed by atoms with Crippen LogP contribution in [-0.2, 0) is 16.2 Å². The van der Waals surface area contributed by atoms with Crippen LogP contribution in [0, 0.1) is 5.82 Å². The van der Waals surface area contributed by atoms with Crippen LogP contribution in [0.3, 0.4) is 0 Å². The van der Waals surface area contributed by atoms with E-state index < -0.39 is 23.8 Å². The maximum absolute atomic E-state index is 13.5. The molecule has 31 heavy (non-hydrogen) atoms. The first-order valence-corrected chi connectivity index (χ1v) is 9.07. The summed E-state index contributed by atoms with van der Waals surface area (Å²) in [5.41, 5.74) is 2.52. The molecule has 14 heteroatoms. The van der Waals surface area contributed by atoms with E-state index in [0.717, 1.165) is 11.6 Å². The van der Waals surface area contributed by atoms with Gasteiger partial charge in [0, 0.05) is 18.9 Å². The van der Waals surface area contributed by atoms with Gasteiger partial charge in [-0.1, -0.05) is 0 Å². The summed E-state index contributed by atoms with van der Waals surface area (Å²) >= 11 is 2.98. The smallest absolute Gasteiger partial charge is 0.361 e. The van der Waals surface area contributed by atoms with Crippen molar-refractivity contribution in [2.24, 2.45) is 4.99 Å². The minimum atomic E-state index is -5.25. The molecule has 0 spiro atoms. The van der Waals surface area contributed by atoms with Crippen molar-refractivity contribution in [3.05, 3.63) is 64.3 Å². The molecule has 0 atom stereocenters. The van der Waals surface area contributed by atoms with Crippen LogP contribution in [0.15, 0.2) is 56.8 Å². The molecule has 2 N–H and O–H groups in total. The van der Waals surface area contributed by atoms with Crippen molar-refractivity contribution in [2.45, 2.75) is 12.7 Å². The van der Waals surface area contributed by atoms with Gasteiger partial charge in [0.25, 0.3) is 0 Å². The molecule has 9 nitrogen and oxygen atoms in total. The lowest BCUT2D eigenvalue weighted by atomic mass is 10.2. The Morgan fingerprint density at radius 3 is 2.61 bits per heavy atom. The molecule has 2 aromatic heterocycles. The molecule has 0 radical (unpaired) electrons. The predicted octanol–water partition coefficient (Wildman–Crippen LogP) is 3.67. The molecule has 162 valence electrons. The minimum absolute atomic E-state index is 0.00713. The monoisotopic (exact) mass is 502 g/mol. The van der Waals surface area contributed by atoms with E-state index >= 15 is 0 Å². The summed E-state index contributed by atoms with van der Waals surface area (Å²) in [7, 11) is 0. The van der Waals surface area contributed by atoms with Gasteiger partial charge in [-0.05, 0) is 62.1 Å². The summed E-state index contributed by atoms with van der Waals surface area (Å²) in [5.74, 6) is -3.55. The van der Waals surface area contributed by atoms with E-state index in [9.17, 15) is 22.4 Å². The molecule has 0 saturated carbocycles. The number of anilines is 1. The Morgan fingerprint density at radius 1 is 1.19 bits per heavy atom. The molecule has 0 aliphatic heterocycles. The SMILES string of the molecule is O=C(ONC(=Nc1ccc(F)c(Br)c1)c1nonc1NCc1ccncc1)C(F)(F)F. The van der Waals surface area contributed by atoms with E-state index in [1.807, 2.05) is 5.48 Å². The van der Waals surface area contributed by atoms with Crippen molar-refractivity contribution in [3.63, 3.8) is 0 Å². The van der Waals surface area contributed by atoms with Crippen LogP contribution in [0.5, 0.6) is 0 Å². The molecule has 0 fully saturated rings. The number of pyridine rings is 1. The maximum Gasteiger partial charge on any atom is 0.493 e.